The summed E-state index contributed by atoms with van der Waals surface area (Å²) in [4.78, 5) is 25.8. The maximum atomic E-state index is 12.6. The van der Waals surface area contributed by atoms with Crippen molar-refractivity contribution in [2.45, 2.75) is 26.7 Å². The first-order valence-corrected chi connectivity index (χ1v) is 7.91. The van der Waals surface area contributed by atoms with Crippen LogP contribution >= 0.6 is 0 Å². The Labute approximate surface area is 142 Å². The Morgan fingerprint density at radius 1 is 1.29 bits per heavy atom. The fourth-order valence-electron chi connectivity index (χ4n) is 2.18. The van der Waals surface area contributed by atoms with Crippen LogP contribution in [0.2, 0.25) is 0 Å². The molecule has 0 spiro atoms. The van der Waals surface area contributed by atoms with Gasteiger partial charge in [-0.05, 0) is 31.0 Å². The molecule has 1 amide bonds. The topological polar surface area (TPSA) is 82.4 Å². The number of nitrogens with one attached hydrogen (secondary N) is 1. The summed E-state index contributed by atoms with van der Waals surface area (Å²) in [5, 5.41) is 11.8. The summed E-state index contributed by atoms with van der Waals surface area (Å²) in [5.41, 5.74) is 1.03. The van der Waals surface area contributed by atoms with Crippen LogP contribution in [0.5, 0.6) is 0 Å². The Balaban J connectivity index is 2.94. The summed E-state index contributed by atoms with van der Waals surface area (Å²) < 4.78 is 4.51. The molecule has 1 N–H and O–H groups in total. The molecule has 0 aliphatic carbocycles. The van der Waals surface area contributed by atoms with Crippen molar-refractivity contribution < 1.29 is 14.3 Å². The molecule has 24 heavy (non-hydrogen) atoms. The molecule has 0 aromatic heterocycles. The van der Waals surface area contributed by atoms with Crippen molar-refractivity contribution in [1.29, 1.82) is 5.26 Å². The average Bonchev–Trinajstić information content (AvgIpc) is 2.61. The third-order valence-corrected chi connectivity index (χ3v) is 3.29. The van der Waals surface area contributed by atoms with Crippen molar-refractivity contribution in [2.75, 3.05) is 25.5 Å². The molecule has 1 aromatic rings. The number of carbonyl (C=O) groups is 2. The Morgan fingerprint density at radius 3 is 2.50 bits per heavy atom. The fourth-order valence-corrected chi connectivity index (χ4v) is 2.18. The summed E-state index contributed by atoms with van der Waals surface area (Å²) >= 11 is 0. The van der Waals surface area contributed by atoms with E-state index in [4.69, 9.17) is 5.26 Å². The van der Waals surface area contributed by atoms with Crippen molar-refractivity contribution in [3.63, 3.8) is 0 Å². The summed E-state index contributed by atoms with van der Waals surface area (Å²) in [6.45, 7) is 5.50. The molecule has 0 radical (unpaired) electrons. The molecule has 0 saturated heterocycles. The molecule has 0 aliphatic heterocycles. The molecule has 0 saturated carbocycles. The van der Waals surface area contributed by atoms with Crippen LogP contribution in [0.15, 0.2) is 36.0 Å². The van der Waals surface area contributed by atoms with Crippen LogP contribution in [0.1, 0.15) is 37.0 Å². The second kappa shape index (κ2) is 10.1. The zero-order valence-electron chi connectivity index (χ0n) is 14.3. The highest BCUT2D eigenvalue weighted by Gasteiger charge is 2.14. The molecular formula is C18H23N3O3. The van der Waals surface area contributed by atoms with E-state index in [-0.39, 0.29) is 11.5 Å². The Kier molecular flexibility index (Phi) is 8.06. The summed E-state index contributed by atoms with van der Waals surface area (Å²) in [6, 6.07) is 8.72. The zero-order chi connectivity index (χ0) is 17.9. The van der Waals surface area contributed by atoms with Crippen molar-refractivity contribution >= 4 is 17.6 Å². The molecular weight excluding hydrogens is 306 g/mol. The van der Waals surface area contributed by atoms with E-state index in [1.165, 1.54) is 13.3 Å². The van der Waals surface area contributed by atoms with Gasteiger partial charge >= 0.3 is 5.97 Å². The molecule has 1 rings (SSSR count). The highest BCUT2D eigenvalue weighted by atomic mass is 16.5. The van der Waals surface area contributed by atoms with Crippen LogP contribution < -0.4 is 5.32 Å². The lowest BCUT2D eigenvalue weighted by Crippen LogP contribution is -2.32. The zero-order valence-corrected chi connectivity index (χ0v) is 14.3. The van der Waals surface area contributed by atoms with E-state index >= 15 is 0 Å². The lowest BCUT2D eigenvalue weighted by molar-refractivity contribution is -0.135. The number of nitriles is 1. The van der Waals surface area contributed by atoms with Gasteiger partial charge in [-0.25, -0.2) is 4.79 Å². The monoisotopic (exact) mass is 329 g/mol. The number of carbonyl (C=O) groups excluding carboxylic acids is 2. The van der Waals surface area contributed by atoms with Crippen LogP contribution in [0.3, 0.4) is 0 Å². The second-order valence-corrected chi connectivity index (χ2v) is 5.18. The highest BCUT2D eigenvalue weighted by molar-refractivity contribution is 5.95. The number of hydrogen-bond acceptors (Lipinski definition) is 5. The molecule has 0 heterocycles. The standard InChI is InChI=1S/C18H23N3O3/c1-4-9-21(10-5-2)17(22)14-7-6-8-16(11-14)20-13-15(12-19)18(23)24-3/h6-8,11,13,20H,4-5,9-10H2,1-3H3/b15-13-. The number of amides is 1. The predicted octanol–water partition coefficient (Wildman–Crippen LogP) is 2.94. The van der Waals surface area contributed by atoms with Crippen molar-refractivity contribution in [1.82, 2.24) is 4.90 Å². The summed E-state index contributed by atoms with van der Waals surface area (Å²) in [6.07, 6.45) is 3.07. The predicted molar refractivity (Wildman–Crippen MR) is 92.3 cm³/mol. The third-order valence-electron chi connectivity index (χ3n) is 3.29. The van der Waals surface area contributed by atoms with E-state index < -0.39 is 5.97 Å². The minimum absolute atomic E-state index is 0.0280. The smallest absolute Gasteiger partial charge is 0.350 e. The van der Waals surface area contributed by atoms with Gasteiger partial charge < -0.3 is 15.0 Å². The third kappa shape index (κ3) is 5.43. The van der Waals surface area contributed by atoms with Crippen LogP contribution in [0.4, 0.5) is 5.69 Å². The first-order valence-electron chi connectivity index (χ1n) is 7.91. The Bertz CT molecular complexity index is 641. The van der Waals surface area contributed by atoms with Crippen molar-refractivity contribution in [3.8, 4) is 6.07 Å². The molecule has 0 aliphatic rings. The molecule has 128 valence electrons. The lowest BCUT2D eigenvalue weighted by atomic mass is 10.1. The van der Waals surface area contributed by atoms with Crippen molar-refractivity contribution in [3.05, 3.63) is 41.6 Å². The number of nitrogens with zero attached hydrogens (tertiary/aromatic N) is 2. The lowest BCUT2D eigenvalue weighted by Gasteiger charge is -2.21. The second-order valence-electron chi connectivity index (χ2n) is 5.18. The van der Waals surface area contributed by atoms with Gasteiger partial charge in [-0.2, -0.15) is 5.26 Å². The fraction of sp³-hybridized carbons (Fsp3) is 0.389. The number of anilines is 1. The molecule has 0 bridgehead atoms. The van der Waals surface area contributed by atoms with Crippen LogP contribution in [0, 0.1) is 11.3 Å². The summed E-state index contributed by atoms with van der Waals surface area (Å²) in [5.74, 6) is -0.742. The van der Waals surface area contributed by atoms with E-state index in [0.717, 1.165) is 12.8 Å². The first kappa shape index (κ1) is 19.2. The van der Waals surface area contributed by atoms with E-state index in [1.807, 2.05) is 18.7 Å². The largest absolute Gasteiger partial charge is 0.465 e. The highest BCUT2D eigenvalue weighted by Crippen LogP contribution is 2.14. The van der Waals surface area contributed by atoms with Gasteiger partial charge in [0, 0.05) is 30.5 Å². The van der Waals surface area contributed by atoms with Gasteiger partial charge in [0.15, 0.2) is 5.57 Å². The van der Waals surface area contributed by atoms with E-state index in [2.05, 4.69) is 10.1 Å². The molecule has 1 aromatic carbocycles. The SMILES string of the molecule is CCCN(CCC)C(=O)c1cccc(N/C=C(/C#N)C(=O)OC)c1. The van der Waals surface area contributed by atoms with Crippen LogP contribution in [0.25, 0.3) is 0 Å². The normalized spacial score (nSPS) is 10.7. The van der Waals surface area contributed by atoms with Gasteiger partial charge in [0.25, 0.3) is 5.91 Å². The first-order chi connectivity index (χ1) is 11.6. The average molecular weight is 329 g/mol. The van der Waals surface area contributed by atoms with Crippen LogP contribution in [-0.2, 0) is 9.53 Å². The van der Waals surface area contributed by atoms with Crippen LogP contribution in [-0.4, -0.2) is 37.0 Å². The molecule has 0 fully saturated rings. The number of methoxy groups -OCH3 is 1. The number of benzene rings is 1. The van der Waals surface area contributed by atoms with Gasteiger partial charge in [-0.15, -0.1) is 0 Å². The Hall–Kier alpha value is -2.81. The number of esters is 1. The van der Waals surface area contributed by atoms with Gasteiger partial charge in [-0.3, -0.25) is 4.79 Å². The minimum Gasteiger partial charge on any atom is -0.465 e. The number of rotatable bonds is 8. The molecule has 0 atom stereocenters. The Morgan fingerprint density at radius 2 is 1.96 bits per heavy atom. The maximum Gasteiger partial charge on any atom is 0.350 e. The van der Waals surface area contributed by atoms with Gasteiger partial charge in [0.2, 0.25) is 0 Å². The minimum atomic E-state index is -0.714. The van der Waals surface area contributed by atoms with E-state index in [9.17, 15) is 9.59 Å². The molecule has 0 unspecified atom stereocenters. The van der Waals surface area contributed by atoms with Gasteiger partial charge in [0.05, 0.1) is 7.11 Å². The van der Waals surface area contributed by atoms with Crippen molar-refractivity contribution in [2.24, 2.45) is 0 Å². The van der Waals surface area contributed by atoms with Gasteiger partial charge in [0.1, 0.15) is 6.07 Å². The van der Waals surface area contributed by atoms with E-state index in [1.54, 1.807) is 30.3 Å². The summed E-state index contributed by atoms with van der Waals surface area (Å²) in [7, 11) is 1.21. The maximum absolute atomic E-state index is 12.6. The van der Waals surface area contributed by atoms with Gasteiger partial charge in [-0.1, -0.05) is 19.9 Å². The number of ether oxygens (including phenoxy) is 1. The molecule has 6 heteroatoms. The molecule has 6 nitrogen and oxygen atoms in total. The number of hydrogen-bond donors (Lipinski definition) is 1. The van der Waals surface area contributed by atoms with E-state index in [0.29, 0.717) is 24.3 Å². The quantitative estimate of drug-likeness (QED) is 0.450.